The Morgan fingerprint density at radius 1 is 1.12 bits per heavy atom. The van der Waals surface area contributed by atoms with E-state index in [0.29, 0.717) is 11.6 Å². The first-order valence-electron chi connectivity index (χ1n) is 11.0. The van der Waals surface area contributed by atoms with Gasteiger partial charge in [0.25, 0.3) is 5.91 Å². The lowest BCUT2D eigenvalue weighted by Crippen LogP contribution is -2.39. The van der Waals surface area contributed by atoms with Gasteiger partial charge in [0.1, 0.15) is 5.82 Å². The Hall–Kier alpha value is -2.85. The molecule has 2 saturated heterocycles. The van der Waals surface area contributed by atoms with Gasteiger partial charge in [0.2, 0.25) is 10.0 Å². The highest BCUT2D eigenvalue weighted by molar-refractivity contribution is 7.92. The van der Waals surface area contributed by atoms with Crippen LogP contribution in [0.15, 0.2) is 36.5 Å². The molecule has 33 heavy (non-hydrogen) atoms. The van der Waals surface area contributed by atoms with Gasteiger partial charge in [-0.25, -0.2) is 17.9 Å². The minimum atomic E-state index is -3.56. The van der Waals surface area contributed by atoms with Crippen LogP contribution in [0.2, 0.25) is 5.02 Å². The smallest absolute Gasteiger partial charge is 0.256 e. The number of imidazole rings is 1. The number of benzene rings is 1. The van der Waals surface area contributed by atoms with Crippen LogP contribution in [0.3, 0.4) is 0 Å². The highest BCUT2D eigenvalue weighted by Gasteiger charge is 2.32. The molecule has 174 valence electrons. The van der Waals surface area contributed by atoms with Gasteiger partial charge in [0.05, 0.1) is 35.4 Å². The Bertz CT molecular complexity index is 1320. The number of carbonyl (C=O) groups is 1. The number of nitrogens with zero attached hydrogens (tertiary/aromatic N) is 5. The molecule has 1 atom stereocenters. The number of nitrogens with one attached hydrogen (secondary N) is 1. The number of aromatic nitrogens is 3. The second-order valence-electron chi connectivity index (χ2n) is 8.57. The number of likely N-dealkylation sites (tertiary alicyclic amines) is 1. The van der Waals surface area contributed by atoms with Crippen molar-refractivity contribution in [1.29, 1.82) is 0 Å². The highest BCUT2D eigenvalue weighted by atomic mass is 35.5. The maximum atomic E-state index is 13.6. The fraction of sp³-hybridized carbons (Fsp3) is 0.409. The molecule has 4 heterocycles. The molecule has 1 N–H and O–H groups in total. The molecule has 0 radical (unpaired) electrons. The molecule has 2 fully saturated rings. The normalized spacial score (nSPS) is 18.9. The standard InChI is InChI=1S/C22H25ClN6O3S/c1-33(31,32)26-17-7-6-15(23)13-16(17)22(30)28-12-3-2-5-19(28)18-14-29-20(24-18)8-9-21(25-29)27-10-4-11-27/h6-9,13-14,19,26H,2-5,10-12H2,1H3. The van der Waals surface area contributed by atoms with Crippen molar-refractivity contribution in [2.45, 2.75) is 31.7 Å². The predicted octanol–water partition coefficient (Wildman–Crippen LogP) is 3.33. The molecule has 2 aliphatic heterocycles. The van der Waals surface area contributed by atoms with Gasteiger partial charge in [-0.3, -0.25) is 9.52 Å². The first-order valence-corrected chi connectivity index (χ1v) is 13.2. The summed E-state index contributed by atoms with van der Waals surface area (Å²) in [7, 11) is -3.56. The minimum Gasteiger partial charge on any atom is -0.355 e. The predicted molar refractivity (Wildman–Crippen MR) is 127 cm³/mol. The Labute approximate surface area is 197 Å². The molecule has 0 spiro atoms. The monoisotopic (exact) mass is 488 g/mol. The Balaban J connectivity index is 1.48. The van der Waals surface area contributed by atoms with Gasteiger partial charge in [-0.1, -0.05) is 11.6 Å². The molecule has 0 bridgehead atoms. The number of carbonyl (C=O) groups excluding carboxylic acids is 1. The molecule has 0 aliphatic carbocycles. The van der Waals surface area contributed by atoms with Crippen molar-refractivity contribution in [3.63, 3.8) is 0 Å². The summed E-state index contributed by atoms with van der Waals surface area (Å²) < 4.78 is 27.9. The van der Waals surface area contributed by atoms with Crippen molar-refractivity contribution in [2.24, 2.45) is 0 Å². The third-order valence-corrected chi connectivity index (χ3v) is 6.94. The van der Waals surface area contributed by atoms with E-state index in [2.05, 4.69) is 14.7 Å². The van der Waals surface area contributed by atoms with Gasteiger partial charge in [0, 0.05) is 24.7 Å². The number of piperidine rings is 1. The number of hydrogen-bond acceptors (Lipinski definition) is 6. The molecule has 11 heteroatoms. The molecule has 3 aromatic rings. The zero-order valence-corrected chi connectivity index (χ0v) is 19.8. The van der Waals surface area contributed by atoms with E-state index < -0.39 is 10.0 Å². The molecule has 1 amide bonds. The largest absolute Gasteiger partial charge is 0.355 e. The van der Waals surface area contributed by atoms with E-state index in [0.717, 1.165) is 55.8 Å². The maximum absolute atomic E-state index is 13.6. The first kappa shape index (κ1) is 22.0. The van der Waals surface area contributed by atoms with E-state index in [1.165, 1.54) is 18.6 Å². The summed E-state index contributed by atoms with van der Waals surface area (Å²) >= 11 is 6.16. The van der Waals surface area contributed by atoms with Crippen LogP contribution in [0, 0.1) is 0 Å². The lowest BCUT2D eigenvalue weighted by Gasteiger charge is -2.35. The Morgan fingerprint density at radius 2 is 1.94 bits per heavy atom. The number of fused-ring (bicyclic) bond motifs is 1. The van der Waals surface area contributed by atoms with Gasteiger partial charge < -0.3 is 9.80 Å². The fourth-order valence-electron chi connectivity index (χ4n) is 4.38. The van der Waals surface area contributed by atoms with Gasteiger partial charge in [-0.05, 0) is 56.0 Å². The molecule has 9 nitrogen and oxygen atoms in total. The lowest BCUT2D eigenvalue weighted by atomic mass is 9.98. The summed E-state index contributed by atoms with van der Waals surface area (Å²) in [4.78, 5) is 22.4. The molecule has 1 aromatic carbocycles. The van der Waals surface area contributed by atoms with Crippen molar-refractivity contribution in [3.8, 4) is 0 Å². The molecule has 5 rings (SSSR count). The summed E-state index contributed by atoms with van der Waals surface area (Å²) in [6.45, 7) is 2.57. The van der Waals surface area contributed by atoms with Crippen LogP contribution in [0.4, 0.5) is 11.5 Å². The van der Waals surface area contributed by atoms with Crippen LogP contribution in [-0.4, -0.2) is 59.7 Å². The number of amides is 1. The van der Waals surface area contributed by atoms with Gasteiger partial charge >= 0.3 is 0 Å². The summed E-state index contributed by atoms with van der Waals surface area (Å²) in [5, 5.41) is 5.05. The second-order valence-corrected chi connectivity index (χ2v) is 10.8. The molecular weight excluding hydrogens is 464 g/mol. The number of rotatable bonds is 5. The van der Waals surface area contributed by atoms with E-state index >= 15 is 0 Å². The van der Waals surface area contributed by atoms with Crippen LogP contribution in [0.1, 0.15) is 47.8 Å². The second kappa shape index (κ2) is 8.49. The van der Waals surface area contributed by atoms with Crippen molar-refractivity contribution >= 4 is 44.7 Å². The number of halogens is 1. The van der Waals surface area contributed by atoms with Crippen LogP contribution >= 0.6 is 11.6 Å². The SMILES string of the molecule is CS(=O)(=O)Nc1ccc(Cl)cc1C(=O)N1CCCCC1c1cn2nc(N3CCC3)ccc2n1. The Kier molecular flexibility index (Phi) is 5.65. The van der Waals surface area contributed by atoms with Gasteiger partial charge in [0.15, 0.2) is 5.65 Å². The van der Waals surface area contributed by atoms with E-state index in [1.807, 2.05) is 18.3 Å². The zero-order chi connectivity index (χ0) is 23.2. The van der Waals surface area contributed by atoms with Crippen molar-refractivity contribution in [2.75, 3.05) is 35.5 Å². The average molecular weight is 489 g/mol. The quantitative estimate of drug-likeness (QED) is 0.591. The summed E-state index contributed by atoms with van der Waals surface area (Å²) in [6.07, 6.45) is 6.72. The van der Waals surface area contributed by atoms with Crippen molar-refractivity contribution < 1.29 is 13.2 Å². The van der Waals surface area contributed by atoms with Crippen LogP contribution in [-0.2, 0) is 10.0 Å². The average Bonchev–Trinajstić information content (AvgIpc) is 3.16. The van der Waals surface area contributed by atoms with Crippen molar-refractivity contribution in [3.05, 3.63) is 52.8 Å². The van der Waals surface area contributed by atoms with Crippen LogP contribution in [0.5, 0.6) is 0 Å². The zero-order valence-electron chi connectivity index (χ0n) is 18.2. The minimum absolute atomic E-state index is 0.215. The first-order chi connectivity index (χ1) is 15.8. The highest BCUT2D eigenvalue weighted by Crippen LogP contribution is 2.34. The number of sulfonamides is 1. The van der Waals surface area contributed by atoms with Crippen molar-refractivity contribution in [1.82, 2.24) is 19.5 Å². The topological polar surface area (TPSA) is 99.9 Å². The Morgan fingerprint density at radius 3 is 2.67 bits per heavy atom. The summed E-state index contributed by atoms with van der Waals surface area (Å²) in [6, 6.07) is 8.28. The van der Waals surface area contributed by atoms with Gasteiger partial charge in [-0.2, -0.15) is 0 Å². The van der Waals surface area contributed by atoms with Crippen LogP contribution in [0.25, 0.3) is 5.65 Å². The third-order valence-electron chi connectivity index (χ3n) is 6.12. The summed E-state index contributed by atoms with van der Waals surface area (Å²) in [5.74, 6) is 0.643. The number of hydrogen-bond donors (Lipinski definition) is 1. The summed E-state index contributed by atoms with van der Waals surface area (Å²) in [5.41, 5.74) is 1.94. The molecular formula is C22H25ClN6O3S. The van der Waals surface area contributed by atoms with E-state index in [9.17, 15) is 13.2 Å². The van der Waals surface area contributed by atoms with Crippen LogP contribution < -0.4 is 9.62 Å². The van der Waals surface area contributed by atoms with Gasteiger partial charge in [-0.15, -0.1) is 5.10 Å². The van der Waals surface area contributed by atoms with E-state index in [4.69, 9.17) is 16.6 Å². The molecule has 2 aliphatic rings. The van der Waals surface area contributed by atoms with E-state index in [1.54, 1.807) is 15.5 Å². The fourth-order valence-corrected chi connectivity index (χ4v) is 5.13. The maximum Gasteiger partial charge on any atom is 0.256 e. The molecule has 2 aromatic heterocycles. The third kappa shape index (κ3) is 4.49. The molecule has 0 saturated carbocycles. The lowest BCUT2D eigenvalue weighted by molar-refractivity contribution is 0.0608. The number of anilines is 2. The van der Waals surface area contributed by atoms with E-state index in [-0.39, 0.29) is 23.2 Å². The molecule has 1 unspecified atom stereocenters.